The average Bonchev–Trinajstić information content (AvgIpc) is 2.44. The molecule has 0 atom stereocenters. The van der Waals surface area contributed by atoms with Gasteiger partial charge in [0.2, 0.25) is 0 Å². The van der Waals surface area contributed by atoms with Gasteiger partial charge in [-0.15, -0.1) is 24.0 Å². The highest BCUT2D eigenvalue weighted by Crippen LogP contribution is 2.15. The van der Waals surface area contributed by atoms with Gasteiger partial charge in [0.1, 0.15) is 5.82 Å². The highest BCUT2D eigenvalue weighted by Gasteiger charge is 2.16. The van der Waals surface area contributed by atoms with Gasteiger partial charge in [0.05, 0.1) is 0 Å². The van der Waals surface area contributed by atoms with Crippen LogP contribution < -0.4 is 5.73 Å². The van der Waals surface area contributed by atoms with E-state index in [-0.39, 0.29) is 29.8 Å². The number of hydrogen-bond donors (Lipinski definition) is 1. The molecule has 1 saturated heterocycles. The third-order valence-corrected chi connectivity index (χ3v) is 3.89. The molecule has 0 bridgehead atoms. The average molecular weight is 405 g/mol. The van der Waals surface area contributed by atoms with Gasteiger partial charge in [-0.05, 0) is 49.3 Å². The Kier molecular flexibility index (Phi) is 8.00. The van der Waals surface area contributed by atoms with Crippen molar-refractivity contribution >= 4 is 29.9 Å². The summed E-state index contributed by atoms with van der Waals surface area (Å²) in [5.41, 5.74) is 7.03. The molecule has 2 rings (SSSR count). The number of rotatable bonds is 4. The molecular weight excluding hydrogens is 380 g/mol. The monoisotopic (exact) mass is 405 g/mol. The van der Waals surface area contributed by atoms with Crippen LogP contribution in [-0.2, 0) is 6.42 Å². The van der Waals surface area contributed by atoms with Crippen LogP contribution in [0.5, 0.6) is 0 Å². The normalized spacial score (nSPS) is 16.7. The third-order valence-electron chi connectivity index (χ3n) is 3.89. The first-order valence-corrected chi connectivity index (χ1v) is 7.44. The number of nitrogens with zero attached hydrogens (tertiary/aromatic N) is 2. The topological polar surface area (TPSA) is 41.6 Å². The van der Waals surface area contributed by atoms with Crippen LogP contribution in [0.15, 0.2) is 29.3 Å². The Morgan fingerprint density at radius 1 is 1.38 bits per heavy atom. The number of halogens is 2. The number of nitrogens with two attached hydrogens (primary N) is 1. The lowest BCUT2D eigenvalue weighted by atomic mass is 10.00. The van der Waals surface area contributed by atoms with E-state index in [2.05, 4.69) is 16.8 Å². The fourth-order valence-electron chi connectivity index (χ4n) is 2.51. The molecule has 1 fully saturated rings. The van der Waals surface area contributed by atoms with E-state index < -0.39 is 0 Å². The highest BCUT2D eigenvalue weighted by molar-refractivity contribution is 14.0. The zero-order chi connectivity index (χ0) is 14.4. The zero-order valence-electron chi connectivity index (χ0n) is 12.6. The Labute approximate surface area is 143 Å². The van der Waals surface area contributed by atoms with Crippen molar-refractivity contribution in [3.8, 4) is 0 Å². The van der Waals surface area contributed by atoms with Crippen LogP contribution in [-0.4, -0.2) is 30.5 Å². The minimum absolute atomic E-state index is 0. The first kappa shape index (κ1) is 18.2. The van der Waals surface area contributed by atoms with E-state index in [0.717, 1.165) is 37.4 Å². The summed E-state index contributed by atoms with van der Waals surface area (Å²) in [6.07, 6.45) is 4.12. The molecule has 0 aliphatic carbocycles. The number of guanidine groups is 1. The number of likely N-dealkylation sites (tertiary alicyclic amines) is 1. The first-order valence-electron chi connectivity index (χ1n) is 7.44. The lowest BCUT2D eigenvalue weighted by molar-refractivity contribution is 0.277. The molecule has 118 valence electrons. The summed E-state index contributed by atoms with van der Waals surface area (Å²) in [5, 5.41) is 0. The van der Waals surface area contributed by atoms with Gasteiger partial charge < -0.3 is 10.6 Å². The summed E-state index contributed by atoms with van der Waals surface area (Å²) in [5.74, 6) is 1.29. The van der Waals surface area contributed by atoms with Crippen molar-refractivity contribution in [1.29, 1.82) is 0 Å². The maximum absolute atomic E-state index is 13.0. The van der Waals surface area contributed by atoms with E-state index in [1.165, 1.54) is 18.9 Å². The Hall–Kier alpha value is -0.850. The molecule has 0 spiro atoms. The van der Waals surface area contributed by atoms with Gasteiger partial charge in [-0.3, -0.25) is 4.99 Å². The Balaban J connectivity index is 0.00000220. The second-order valence-corrected chi connectivity index (χ2v) is 5.64. The van der Waals surface area contributed by atoms with Crippen molar-refractivity contribution in [2.45, 2.75) is 32.6 Å². The predicted octanol–water partition coefficient (Wildman–Crippen LogP) is 3.42. The standard InChI is InChI=1S/C16H24FN3.HI/c1-13-7-10-20(11-8-13)16(18)19-9-3-5-14-4-2-6-15(17)12-14;/h2,4,6,12-13H,3,5,7-11H2,1H3,(H2,18,19);1H. The quantitative estimate of drug-likeness (QED) is 0.361. The van der Waals surface area contributed by atoms with Crippen LogP contribution in [0, 0.1) is 11.7 Å². The largest absolute Gasteiger partial charge is 0.370 e. The van der Waals surface area contributed by atoms with Gasteiger partial charge in [0, 0.05) is 19.6 Å². The SMILES string of the molecule is CC1CCN(C(N)=NCCCc2cccc(F)c2)CC1.I. The summed E-state index contributed by atoms with van der Waals surface area (Å²) in [7, 11) is 0. The lowest BCUT2D eigenvalue weighted by Gasteiger charge is -2.31. The third kappa shape index (κ3) is 6.20. The van der Waals surface area contributed by atoms with E-state index in [4.69, 9.17) is 5.73 Å². The van der Waals surface area contributed by atoms with Crippen LogP contribution in [0.25, 0.3) is 0 Å². The van der Waals surface area contributed by atoms with Gasteiger partial charge in [-0.2, -0.15) is 0 Å². The summed E-state index contributed by atoms with van der Waals surface area (Å²) in [6, 6.07) is 6.75. The van der Waals surface area contributed by atoms with Crippen molar-refractivity contribution in [2.75, 3.05) is 19.6 Å². The van der Waals surface area contributed by atoms with E-state index >= 15 is 0 Å². The first-order chi connectivity index (χ1) is 9.65. The number of benzene rings is 1. The second kappa shape index (κ2) is 9.23. The summed E-state index contributed by atoms with van der Waals surface area (Å²) < 4.78 is 13.0. The van der Waals surface area contributed by atoms with E-state index in [9.17, 15) is 4.39 Å². The van der Waals surface area contributed by atoms with Crippen LogP contribution in [0.1, 0.15) is 31.7 Å². The molecule has 3 nitrogen and oxygen atoms in total. The summed E-state index contributed by atoms with van der Waals surface area (Å²) >= 11 is 0. The van der Waals surface area contributed by atoms with Crippen LogP contribution in [0.4, 0.5) is 4.39 Å². The minimum Gasteiger partial charge on any atom is -0.370 e. The number of aliphatic imine (C=N–C) groups is 1. The minimum atomic E-state index is -0.173. The molecule has 0 saturated carbocycles. The van der Waals surface area contributed by atoms with Gasteiger partial charge in [0.25, 0.3) is 0 Å². The van der Waals surface area contributed by atoms with Gasteiger partial charge in [-0.1, -0.05) is 19.1 Å². The van der Waals surface area contributed by atoms with Gasteiger partial charge >= 0.3 is 0 Å². The van der Waals surface area contributed by atoms with E-state index in [1.54, 1.807) is 12.1 Å². The highest BCUT2D eigenvalue weighted by atomic mass is 127. The van der Waals surface area contributed by atoms with Crippen molar-refractivity contribution in [2.24, 2.45) is 16.6 Å². The molecule has 2 N–H and O–H groups in total. The van der Waals surface area contributed by atoms with Crippen molar-refractivity contribution in [3.63, 3.8) is 0 Å². The molecule has 0 aromatic heterocycles. The fraction of sp³-hybridized carbons (Fsp3) is 0.562. The van der Waals surface area contributed by atoms with Gasteiger partial charge in [-0.25, -0.2) is 4.39 Å². The summed E-state index contributed by atoms with van der Waals surface area (Å²) in [4.78, 5) is 6.61. The molecule has 1 aromatic carbocycles. The number of piperidine rings is 1. The number of aryl methyl sites for hydroxylation is 1. The fourth-order valence-corrected chi connectivity index (χ4v) is 2.51. The molecule has 1 aliphatic rings. The Bertz CT molecular complexity index is 457. The van der Waals surface area contributed by atoms with E-state index in [0.29, 0.717) is 12.5 Å². The lowest BCUT2D eigenvalue weighted by Crippen LogP contribution is -2.42. The molecule has 1 heterocycles. The molecule has 0 radical (unpaired) electrons. The second-order valence-electron chi connectivity index (χ2n) is 5.64. The molecular formula is C16H25FIN3. The molecule has 1 aliphatic heterocycles. The predicted molar refractivity (Wildman–Crippen MR) is 96.6 cm³/mol. The van der Waals surface area contributed by atoms with Crippen molar-refractivity contribution in [1.82, 2.24) is 4.90 Å². The van der Waals surface area contributed by atoms with Gasteiger partial charge in [0.15, 0.2) is 5.96 Å². The molecule has 5 heteroatoms. The number of hydrogen-bond acceptors (Lipinski definition) is 1. The molecule has 0 amide bonds. The van der Waals surface area contributed by atoms with Crippen molar-refractivity contribution in [3.05, 3.63) is 35.6 Å². The molecule has 21 heavy (non-hydrogen) atoms. The maximum Gasteiger partial charge on any atom is 0.191 e. The molecule has 1 aromatic rings. The Morgan fingerprint density at radius 3 is 2.76 bits per heavy atom. The zero-order valence-corrected chi connectivity index (χ0v) is 14.9. The van der Waals surface area contributed by atoms with E-state index in [1.807, 2.05) is 6.07 Å². The van der Waals surface area contributed by atoms with Crippen molar-refractivity contribution < 1.29 is 4.39 Å². The van der Waals surface area contributed by atoms with Crippen LogP contribution in [0.3, 0.4) is 0 Å². The molecule has 0 unspecified atom stereocenters. The van der Waals surface area contributed by atoms with Crippen LogP contribution >= 0.6 is 24.0 Å². The summed E-state index contributed by atoms with van der Waals surface area (Å²) in [6.45, 7) is 5.01. The van der Waals surface area contributed by atoms with Crippen LogP contribution in [0.2, 0.25) is 0 Å². The smallest absolute Gasteiger partial charge is 0.191 e. The maximum atomic E-state index is 13.0. The Morgan fingerprint density at radius 2 is 2.10 bits per heavy atom.